The molecule has 2 aliphatic rings. The zero-order chi connectivity index (χ0) is 31.9. The topological polar surface area (TPSA) is 206 Å². The molecule has 3 amide bonds. The van der Waals surface area contributed by atoms with E-state index in [1.807, 2.05) is 4.72 Å². The highest BCUT2D eigenvalue weighted by atomic mass is 32.2. The second-order valence-electron chi connectivity index (χ2n) is 10.4. The lowest BCUT2D eigenvalue weighted by molar-refractivity contribution is -0.133. The summed E-state index contributed by atoms with van der Waals surface area (Å²) in [6, 6.07) is 8.70. The molecule has 14 nitrogen and oxygen atoms in total. The number of ether oxygens (including phenoxy) is 2. The van der Waals surface area contributed by atoms with Gasteiger partial charge in [-0.1, -0.05) is 30.3 Å². The summed E-state index contributed by atoms with van der Waals surface area (Å²) in [6.07, 6.45) is 1.06. The van der Waals surface area contributed by atoms with Crippen LogP contribution >= 0.6 is 0 Å². The second kappa shape index (κ2) is 14.3. The van der Waals surface area contributed by atoms with Gasteiger partial charge in [0, 0.05) is 25.9 Å². The maximum Gasteiger partial charge on any atom is 0.345 e. The van der Waals surface area contributed by atoms with Crippen LogP contribution in [-0.2, 0) is 40.4 Å². The molecule has 1 unspecified atom stereocenters. The minimum Gasteiger partial charge on any atom is -0.507 e. The van der Waals surface area contributed by atoms with Gasteiger partial charge in [0.1, 0.15) is 34.4 Å². The molecule has 2 fully saturated rings. The number of carbonyl (C=O) groups is 5. The number of carbonyl (C=O) groups excluding carboxylic acids is 5. The number of esters is 1. The summed E-state index contributed by atoms with van der Waals surface area (Å²) in [5.74, 6) is -2.79. The van der Waals surface area contributed by atoms with Gasteiger partial charge in [0.15, 0.2) is 5.78 Å². The molecule has 0 bridgehead atoms. The number of hydrogen-bond acceptors (Lipinski definition) is 11. The first-order valence-corrected chi connectivity index (χ1v) is 15.6. The minimum atomic E-state index is -3.81. The van der Waals surface area contributed by atoms with Crippen molar-refractivity contribution in [3.8, 4) is 11.5 Å². The minimum absolute atomic E-state index is 0.0598. The van der Waals surface area contributed by atoms with Gasteiger partial charge in [0.25, 0.3) is 0 Å². The molecule has 2 aromatic rings. The van der Waals surface area contributed by atoms with E-state index in [9.17, 15) is 37.5 Å². The summed E-state index contributed by atoms with van der Waals surface area (Å²) < 4.78 is 36.7. The van der Waals surface area contributed by atoms with Crippen LogP contribution in [0.1, 0.15) is 52.4 Å². The fourth-order valence-corrected chi connectivity index (χ4v) is 6.37. The van der Waals surface area contributed by atoms with Crippen molar-refractivity contribution >= 4 is 39.5 Å². The van der Waals surface area contributed by atoms with E-state index in [1.165, 1.54) is 25.3 Å². The molecule has 2 aromatic carbocycles. The Hall–Kier alpha value is -4.50. The van der Waals surface area contributed by atoms with Crippen LogP contribution in [0.5, 0.6) is 11.5 Å². The molecule has 2 saturated heterocycles. The monoisotopic (exact) mass is 630 g/mol. The van der Waals surface area contributed by atoms with Gasteiger partial charge < -0.3 is 25.2 Å². The Bertz CT molecular complexity index is 1530. The molecule has 3 atom stereocenters. The van der Waals surface area contributed by atoms with Crippen molar-refractivity contribution in [3.05, 3.63) is 59.2 Å². The van der Waals surface area contributed by atoms with Gasteiger partial charge in [0.2, 0.25) is 27.7 Å². The summed E-state index contributed by atoms with van der Waals surface area (Å²) in [6.45, 7) is 0.782. The first-order chi connectivity index (χ1) is 21.0. The number of sulfonamides is 1. The summed E-state index contributed by atoms with van der Waals surface area (Å²) in [5.41, 5.74) is 0.959. The number of ketones is 1. The second-order valence-corrected chi connectivity index (χ2v) is 12.2. The lowest BCUT2D eigenvalue weighted by Crippen LogP contribution is -2.53. The van der Waals surface area contributed by atoms with Crippen LogP contribution in [0.2, 0.25) is 0 Å². The van der Waals surface area contributed by atoms with Crippen molar-refractivity contribution in [1.29, 1.82) is 0 Å². The molecule has 15 heteroatoms. The van der Waals surface area contributed by atoms with E-state index in [0.29, 0.717) is 30.5 Å². The van der Waals surface area contributed by atoms with Crippen molar-refractivity contribution in [3.63, 3.8) is 0 Å². The van der Waals surface area contributed by atoms with Crippen molar-refractivity contribution in [1.82, 2.24) is 20.7 Å². The van der Waals surface area contributed by atoms with Crippen LogP contribution < -0.4 is 25.4 Å². The van der Waals surface area contributed by atoms with Crippen LogP contribution in [0.3, 0.4) is 0 Å². The number of nitrogens with one attached hydrogen (secondary N) is 4. The standard InChI is InChI=1S/C29H34N4O10S/c1-42-29(39)25-20(34)5-4-6-22(25)43-14-3-2-12-31-27(37)19(32-28(38)26-21(35)11-13-30-26)15-17-7-9-18(10-8-17)23-16-24(36)33-44(23,40)41/h4-10,19,23,26,30,34H,2-3,11-16H2,1H3,(H,31,37)(H,32,38)(H,33,36)/t19-,23?,26-/m0/s1. The molecule has 0 radical (unpaired) electrons. The number of amides is 3. The molecular weight excluding hydrogens is 596 g/mol. The zero-order valence-corrected chi connectivity index (χ0v) is 24.8. The molecule has 0 saturated carbocycles. The van der Waals surface area contributed by atoms with E-state index < -0.39 is 51.0 Å². The quantitative estimate of drug-likeness (QED) is 0.113. The van der Waals surface area contributed by atoms with Crippen LogP contribution in [0, 0.1) is 0 Å². The van der Waals surface area contributed by atoms with Crippen molar-refractivity contribution < 1.29 is 47.0 Å². The predicted molar refractivity (Wildman–Crippen MR) is 155 cm³/mol. The maximum absolute atomic E-state index is 13.2. The van der Waals surface area contributed by atoms with E-state index >= 15 is 0 Å². The number of Topliss-reactive ketones (excluding diaryl/α,β-unsaturated/α-hetero) is 1. The van der Waals surface area contributed by atoms with E-state index in [1.54, 1.807) is 24.3 Å². The van der Waals surface area contributed by atoms with Gasteiger partial charge in [-0.15, -0.1) is 0 Å². The maximum atomic E-state index is 13.2. The van der Waals surface area contributed by atoms with Gasteiger partial charge in [-0.05, 0) is 36.1 Å². The summed E-state index contributed by atoms with van der Waals surface area (Å²) in [4.78, 5) is 61.6. The summed E-state index contributed by atoms with van der Waals surface area (Å²) in [5, 5.41) is 17.2. The molecule has 44 heavy (non-hydrogen) atoms. The Balaban J connectivity index is 1.34. The fourth-order valence-electron chi connectivity index (χ4n) is 4.94. The Kier molecular flexibility index (Phi) is 10.5. The highest BCUT2D eigenvalue weighted by molar-refractivity contribution is 7.90. The number of benzene rings is 2. The number of phenolic OH excluding ortho intramolecular Hbond substituents is 1. The average Bonchev–Trinajstić information content (AvgIpc) is 3.54. The van der Waals surface area contributed by atoms with Crippen LogP contribution in [0.25, 0.3) is 0 Å². The largest absolute Gasteiger partial charge is 0.507 e. The first kappa shape index (κ1) is 32.4. The zero-order valence-electron chi connectivity index (χ0n) is 24.0. The Labute approximate surface area is 253 Å². The molecule has 5 N–H and O–H groups in total. The molecule has 236 valence electrons. The highest BCUT2D eigenvalue weighted by Crippen LogP contribution is 2.30. The number of methoxy groups -OCH3 is 1. The lowest BCUT2D eigenvalue weighted by atomic mass is 10.0. The molecule has 0 aromatic heterocycles. The molecular formula is C29H34N4O10S. The average molecular weight is 631 g/mol. The molecule has 0 aliphatic carbocycles. The first-order valence-electron chi connectivity index (χ1n) is 14.0. The Morgan fingerprint density at radius 2 is 1.84 bits per heavy atom. The molecule has 0 spiro atoms. The SMILES string of the molecule is COC(=O)c1c(O)cccc1OCCCCNC(=O)[C@H](Cc1ccc(C2CC(=O)NS2(=O)=O)cc1)NC(=O)[C@H]1NCCC1=O. The number of unbranched alkanes of at least 4 members (excludes halogenated alkanes) is 1. The lowest BCUT2D eigenvalue weighted by Gasteiger charge is -2.21. The van der Waals surface area contributed by atoms with Gasteiger partial charge in [-0.2, -0.15) is 0 Å². The third-order valence-electron chi connectivity index (χ3n) is 7.25. The van der Waals surface area contributed by atoms with Crippen LogP contribution in [0.15, 0.2) is 42.5 Å². The van der Waals surface area contributed by atoms with E-state index in [-0.39, 0.29) is 55.3 Å². The number of phenols is 1. The van der Waals surface area contributed by atoms with Crippen LogP contribution in [-0.4, -0.2) is 81.9 Å². The number of hydrogen-bond donors (Lipinski definition) is 5. The normalized spacial score (nSPS) is 19.6. The van der Waals surface area contributed by atoms with Crippen LogP contribution in [0.4, 0.5) is 0 Å². The van der Waals surface area contributed by atoms with Gasteiger partial charge in [-0.3, -0.25) is 29.2 Å². The predicted octanol–water partition coefficient (Wildman–Crippen LogP) is 0.00330. The molecule has 2 heterocycles. The Morgan fingerprint density at radius 1 is 1.09 bits per heavy atom. The van der Waals surface area contributed by atoms with E-state index in [4.69, 9.17) is 4.74 Å². The van der Waals surface area contributed by atoms with E-state index in [2.05, 4.69) is 20.7 Å². The van der Waals surface area contributed by atoms with Crippen molar-refractivity contribution in [2.75, 3.05) is 26.8 Å². The third kappa shape index (κ3) is 7.90. The molecule has 2 aliphatic heterocycles. The molecule has 4 rings (SSSR count). The van der Waals surface area contributed by atoms with Gasteiger partial charge in [0.05, 0.1) is 20.1 Å². The third-order valence-corrected chi connectivity index (χ3v) is 8.95. The van der Waals surface area contributed by atoms with Gasteiger partial charge >= 0.3 is 5.97 Å². The fraction of sp³-hybridized carbons (Fsp3) is 0.414. The smallest absolute Gasteiger partial charge is 0.345 e. The highest BCUT2D eigenvalue weighted by Gasteiger charge is 2.38. The number of rotatable bonds is 13. The van der Waals surface area contributed by atoms with Crippen molar-refractivity contribution in [2.24, 2.45) is 0 Å². The number of aromatic hydroxyl groups is 1. The van der Waals surface area contributed by atoms with Crippen molar-refractivity contribution in [2.45, 2.75) is 49.4 Å². The Morgan fingerprint density at radius 3 is 2.48 bits per heavy atom. The van der Waals surface area contributed by atoms with E-state index in [0.717, 1.165) is 0 Å². The summed E-state index contributed by atoms with van der Waals surface area (Å²) >= 11 is 0. The van der Waals surface area contributed by atoms with Gasteiger partial charge in [-0.25, -0.2) is 13.2 Å². The summed E-state index contributed by atoms with van der Waals surface area (Å²) in [7, 11) is -2.62.